The number of aromatic nitrogens is 2. The Hall–Kier alpha value is -1.88. The maximum absolute atomic E-state index is 11.9. The van der Waals surface area contributed by atoms with Gasteiger partial charge in [0, 0.05) is 19.3 Å². The van der Waals surface area contributed by atoms with Crippen molar-refractivity contribution in [3.63, 3.8) is 0 Å². The number of amides is 1. The van der Waals surface area contributed by atoms with E-state index >= 15 is 0 Å². The summed E-state index contributed by atoms with van der Waals surface area (Å²) < 4.78 is 5.46. The van der Waals surface area contributed by atoms with Gasteiger partial charge in [-0.3, -0.25) is 9.78 Å². The van der Waals surface area contributed by atoms with E-state index in [9.17, 15) is 4.79 Å². The Morgan fingerprint density at radius 3 is 3.33 bits per heavy atom. The first kappa shape index (κ1) is 11.2. The van der Waals surface area contributed by atoms with Crippen LogP contribution in [0.3, 0.4) is 0 Å². The molecule has 1 aliphatic rings. The van der Waals surface area contributed by atoms with Gasteiger partial charge in [-0.1, -0.05) is 0 Å². The number of ether oxygens (including phenoxy) is 1. The number of carbonyl (C=O) groups is 1. The van der Waals surface area contributed by atoms with Gasteiger partial charge < -0.3 is 15.0 Å². The molecule has 0 saturated carbocycles. The number of nitrogens with one attached hydrogen (secondary N) is 2. The summed E-state index contributed by atoms with van der Waals surface area (Å²) in [5.74, 6) is -0.108. The molecule has 18 heavy (non-hydrogen) atoms. The predicted molar refractivity (Wildman–Crippen MR) is 67.4 cm³/mol. The first-order valence-corrected chi connectivity index (χ1v) is 6.16. The van der Waals surface area contributed by atoms with Gasteiger partial charge in [-0.05, 0) is 31.0 Å². The molecule has 1 aliphatic heterocycles. The van der Waals surface area contributed by atoms with E-state index < -0.39 is 0 Å². The van der Waals surface area contributed by atoms with Crippen molar-refractivity contribution in [3.05, 3.63) is 30.1 Å². The van der Waals surface area contributed by atoms with Crippen molar-refractivity contribution in [3.8, 4) is 0 Å². The molecule has 3 rings (SSSR count). The molecule has 1 saturated heterocycles. The fourth-order valence-electron chi connectivity index (χ4n) is 2.19. The molecule has 94 valence electrons. The summed E-state index contributed by atoms with van der Waals surface area (Å²) in [7, 11) is 0. The van der Waals surface area contributed by atoms with Gasteiger partial charge in [0.25, 0.3) is 5.91 Å². The van der Waals surface area contributed by atoms with Crippen LogP contribution in [0.4, 0.5) is 0 Å². The Morgan fingerprint density at radius 2 is 2.56 bits per heavy atom. The van der Waals surface area contributed by atoms with Crippen molar-refractivity contribution >= 4 is 16.9 Å². The third-order valence-electron chi connectivity index (χ3n) is 3.15. The average Bonchev–Trinajstić information content (AvgIpc) is 3.04. The molecule has 0 bridgehead atoms. The molecule has 1 atom stereocenters. The molecule has 0 radical (unpaired) electrons. The van der Waals surface area contributed by atoms with E-state index in [1.165, 1.54) is 0 Å². The number of hydrogen-bond acceptors (Lipinski definition) is 3. The number of carbonyl (C=O) groups excluding carboxylic acids is 1. The van der Waals surface area contributed by atoms with Crippen LogP contribution in [0.2, 0.25) is 0 Å². The highest BCUT2D eigenvalue weighted by Gasteiger charge is 2.17. The Morgan fingerprint density at radius 1 is 1.61 bits per heavy atom. The van der Waals surface area contributed by atoms with E-state index in [4.69, 9.17) is 4.74 Å². The number of fused-ring (bicyclic) bond motifs is 1. The van der Waals surface area contributed by atoms with Crippen LogP contribution in [0.15, 0.2) is 24.4 Å². The minimum absolute atomic E-state index is 0.108. The number of aromatic amines is 1. The quantitative estimate of drug-likeness (QED) is 0.860. The van der Waals surface area contributed by atoms with Crippen molar-refractivity contribution in [2.24, 2.45) is 0 Å². The molecule has 1 unspecified atom stereocenters. The topological polar surface area (TPSA) is 67.0 Å². The summed E-state index contributed by atoms with van der Waals surface area (Å²) in [5, 5.41) is 2.88. The molecule has 5 nitrogen and oxygen atoms in total. The van der Waals surface area contributed by atoms with Crippen LogP contribution in [-0.2, 0) is 4.74 Å². The molecule has 2 aromatic heterocycles. The molecular formula is C13H15N3O2. The summed E-state index contributed by atoms with van der Waals surface area (Å²) in [6.45, 7) is 1.37. The standard InChI is InChI=1S/C13H15N3O2/c17-13(15-8-9-3-2-6-18-9)12-7-11-10(16-12)4-1-5-14-11/h1,4-5,7,9,16H,2-3,6,8H2,(H,15,17). The fraction of sp³-hybridized carbons (Fsp3) is 0.385. The zero-order valence-corrected chi connectivity index (χ0v) is 9.98. The van der Waals surface area contributed by atoms with Crippen LogP contribution in [0, 0.1) is 0 Å². The first-order valence-electron chi connectivity index (χ1n) is 6.16. The van der Waals surface area contributed by atoms with Crippen molar-refractivity contribution in [2.75, 3.05) is 13.2 Å². The third kappa shape index (κ3) is 2.22. The van der Waals surface area contributed by atoms with Crippen LogP contribution in [0.1, 0.15) is 23.3 Å². The van der Waals surface area contributed by atoms with Gasteiger partial charge in [0.05, 0.1) is 17.1 Å². The summed E-state index contributed by atoms with van der Waals surface area (Å²) in [4.78, 5) is 19.2. The number of rotatable bonds is 3. The highest BCUT2D eigenvalue weighted by molar-refractivity contribution is 5.97. The van der Waals surface area contributed by atoms with E-state index in [1.54, 1.807) is 12.3 Å². The lowest BCUT2D eigenvalue weighted by atomic mass is 10.2. The normalized spacial score (nSPS) is 19.2. The van der Waals surface area contributed by atoms with Crippen molar-refractivity contribution < 1.29 is 9.53 Å². The summed E-state index contributed by atoms with van der Waals surface area (Å²) in [6, 6.07) is 5.51. The monoisotopic (exact) mass is 245 g/mol. The summed E-state index contributed by atoms with van der Waals surface area (Å²) >= 11 is 0. The van der Waals surface area contributed by atoms with Crippen molar-refractivity contribution in [1.82, 2.24) is 15.3 Å². The van der Waals surface area contributed by atoms with E-state index in [1.807, 2.05) is 12.1 Å². The van der Waals surface area contributed by atoms with Crippen LogP contribution >= 0.6 is 0 Å². The van der Waals surface area contributed by atoms with Gasteiger partial charge in [-0.15, -0.1) is 0 Å². The zero-order valence-electron chi connectivity index (χ0n) is 9.98. The summed E-state index contributed by atoms with van der Waals surface area (Å²) in [5.41, 5.74) is 2.22. The van der Waals surface area contributed by atoms with Gasteiger partial charge in [0.1, 0.15) is 5.69 Å². The highest BCUT2D eigenvalue weighted by Crippen LogP contribution is 2.13. The Balaban J connectivity index is 1.67. The second-order valence-corrected chi connectivity index (χ2v) is 4.46. The van der Waals surface area contributed by atoms with Crippen LogP contribution in [-0.4, -0.2) is 35.1 Å². The van der Waals surface area contributed by atoms with Crippen LogP contribution in [0.5, 0.6) is 0 Å². The van der Waals surface area contributed by atoms with Gasteiger partial charge in [0.15, 0.2) is 0 Å². The number of nitrogens with zero attached hydrogens (tertiary/aromatic N) is 1. The molecule has 2 aromatic rings. The molecule has 5 heteroatoms. The molecule has 0 aliphatic carbocycles. The molecule has 2 N–H and O–H groups in total. The molecule has 0 spiro atoms. The third-order valence-corrected chi connectivity index (χ3v) is 3.15. The smallest absolute Gasteiger partial charge is 0.267 e. The molecule has 1 amide bonds. The van der Waals surface area contributed by atoms with Gasteiger partial charge in [0.2, 0.25) is 0 Å². The van der Waals surface area contributed by atoms with Crippen LogP contribution in [0.25, 0.3) is 11.0 Å². The lowest BCUT2D eigenvalue weighted by molar-refractivity contribution is 0.0854. The molecule has 1 fully saturated rings. The van der Waals surface area contributed by atoms with Gasteiger partial charge in [-0.25, -0.2) is 0 Å². The van der Waals surface area contributed by atoms with Gasteiger partial charge >= 0.3 is 0 Å². The fourth-order valence-corrected chi connectivity index (χ4v) is 2.19. The largest absolute Gasteiger partial charge is 0.376 e. The van der Waals surface area contributed by atoms with E-state index in [-0.39, 0.29) is 12.0 Å². The zero-order chi connectivity index (χ0) is 12.4. The Labute approximate surface area is 105 Å². The Kier molecular flexibility index (Phi) is 2.98. The number of H-pyrrole nitrogens is 1. The van der Waals surface area contributed by atoms with Crippen LogP contribution < -0.4 is 5.32 Å². The lowest BCUT2D eigenvalue weighted by Crippen LogP contribution is -2.31. The minimum atomic E-state index is -0.108. The minimum Gasteiger partial charge on any atom is -0.376 e. The average molecular weight is 245 g/mol. The van der Waals surface area contributed by atoms with E-state index in [0.717, 1.165) is 30.5 Å². The molecule has 0 aromatic carbocycles. The Bertz CT molecular complexity index is 525. The SMILES string of the molecule is O=C(NCC1CCCO1)c1cc2ncccc2[nH]1. The maximum atomic E-state index is 11.9. The van der Waals surface area contributed by atoms with E-state index in [0.29, 0.717) is 12.2 Å². The second kappa shape index (κ2) is 4.78. The highest BCUT2D eigenvalue weighted by atomic mass is 16.5. The predicted octanol–water partition coefficient (Wildman–Crippen LogP) is 1.47. The lowest BCUT2D eigenvalue weighted by Gasteiger charge is -2.09. The number of hydrogen-bond donors (Lipinski definition) is 2. The second-order valence-electron chi connectivity index (χ2n) is 4.46. The van der Waals surface area contributed by atoms with Crippen molar-refractivity contribution in [2.45, 2.75) is 18.9 Å². The number of pyridine rings is 1. The van der Waals surface area contributed by atoms with Crippen molar-refractivity contribution in [1.29, 1.82) is 0 Å². The molecular weight excluding hydrogens is 230 g/mol. The molecule has 3 heterocycles. The summed E-state index contributed by atoms with van der Waals surface area (Å²) in [6.07, 6.45) is 3.98. The van der Waals surface area contributed by atoms with E-state index in [2.05, 4.69) is 15.3 Å². The first-order chi connectivity index (χ1) is 8.83. The van der Waals surface area contributed by atoms with Gasteiger partial charge in [-0.2, -0.15) is 0 Å². The maximum Gasteiger partial charge on any atom is 0.267 e.